The van der Waals surface area contributed by atoms with Crippen LogP contribution in [0.2, 0.25) is 0 Å². The normalized spacial score (nSPS) is 14.4. The van der Waals surface area contributed by atoms with Gasteiger partial charge in [-0.3, -0.25) is 9.58 Å². The molecule has 0 aliphatic carbocycles. The van der Waals surface area contributed by atoms with Crippen molar-refractivity contribution in [3.63, 3.8) is 0 Å². The molecule has 0 fully saturated rings. The van der Waals surface area contributed by atoms with Gasteiger partial charge in [0.1, 0.15) is 5.82 Å². The number of hydrogen-bond acceptors (Lipinski definition) is 3. The molecule has 0 amide bonds. The Morgan fingerprint density at radius 3 is 2.67 bits per heavy atom. The fourth-order valence-electron chi connectivity index (χ4n) is 2.67. The van der Waals surface area contributed by atoms with E-state index in [9.17, 15) is 4.39 Å². The van der Waals surface area contributed by atoms with Crippen LogP contribution in [0.1, 0.15) is 30.5 Å². The van der Waals surface area contributed by atoms with Crippen LogP contribution in [-0.4, -0.2) is 27.8 Å². The number of benzene rings is 1. The first-order chi connectivity index (χ1) is 10.0. The molecule has 2 aromatic rings. The number of aromatic nitrogens is 2. The highest BCUT2D eigenvalue weighted by atomic mass is 19.1. The third-order valence-electron chi connectivity index (χ3n) is 3.77. The van der Waals surface area contributed by atoms with Crippen LogP contribution in [0.3, 0.4) is 0 Å². The van der Waals surface area contributed by atoms with Gasteiger partial charge in [0.25, 0.3) is 0 Å². The summed E-state index contributed by atoms with van der Waals surface area (Å²) in [6.45, 7) is 2.71. The van der Waals surface area contributed by atoms with Crippen molar-refractivity contribution in [1.29, 1.82) is 0 Å². The van der Waals surface area contributed by atoms with Gasteiger partial charge in [0.05, 0.1) is 12.2 Å². The summed E-state index contributed by atoms with van der Waals surface area (Å²) in [7, 11) is 3.86. The average molecular weight is 290 g/mol. The van der Waals surface area contributed by atoms with Gasteiger partial charge >= 0.3 is 0 Å². The summed E-state index contributed by atoms with van der Waals surface area (Å²) in [6.07, 6.45) is 4.58. The largest absolute Gasteiger partial charge is 0.326 e. The molecule has 114 valence electrons. The minimum atomic E-state index is -0.204. The molecule has 2 N–H and O–H groups in total. The van der Waals surface area contributed by atoms with Gasteiger partial charge in [-0.15, -0.1) is 0 Å². The zero-order chi connectivity index (χ0) is 15.4. The van der Waals surface area contributed by atoms with Crippen molar-refractivity contribution in [2.75, 3.05) is 7.05 Å². The van der Waals surface area contributed by atoms with Crippen molar-refractivity contribution in [3.8, 4) is 0 Å². The van der Waals surface area contributed by atoms with Crippen molar-refractivity contribution in [1.82, 2.24) is 14.7 Å². The van der Waals surface area contributed by atoms with Crippen molar-refractivity contribution in [2.45, 2.75) is 32.0 Å². The fraction of sp³-hybridized carbons (Fsp3) is 0.438. The van der Waals surface area contributed by atoms with Crippen LogP contribution in [0.15, 0.2) is 36.7 Å². The molecule has 4 nitrogen and oxygen atoms in total. The maximum absolute atomic E-state index is 14.1. The van der Waals surface area contributed by atoms with Crippen LogP contribution < -0.4 is 5.73 Å². The van der Waals surface area contributed by atoms with Crippen LogP contribution in [0.5, 0.6) is 0 Å². The molecule has 0 spiro atoms. The van der Waals surface area contributed by atoms with Gasteiger partial charge in [0.2, 0.25) is 0 Å². The van der Waals surface area contributed by atoms with Crippen molar-refractivity contribution < 1.29 is 4.39 Å². The maximum atomic E-state index is 14.1. The predicted octanol–water partition coefficient (Wildman–Crippen LogP) is 2.47. The Bertz CT molecular complexity index is 581. The zero-order valence-corrected chi connectivity index (χ0v) is 12.8. The standard InChI is InChI=1S/C16H23FN4/c1-4-15(18)16(13-7-5-6-8-14(13)17)20(2)10-12-9-19-21(3)11-12/h5-9,11,15-16H,4,10,18H2,1-3H3. The van der Waals surface area contributed by atoms with Gasteiger partial charge < -0.3 is 5.73 Å². The van der Waals surface area contributed by atoms with Crippen LogP contribution in [-0.2, 0) is 13.6 Å². The SMILES string of the molecule is CCC(N)C(c1ccccc1F)N(C)Cc1cnn(C)c1. The predicted molar refractivity (Wildman–Crippen MR) is 82.1 cm³/mol. The molecule has 21 heavy (non-hydrogen) atoms. The Morgan fingerprint density at radius 1 is 1.38 bits per heavy atom. The smallest absolute Gasteiger partial charge is 0.128 e. The van der Waals surface area contributed by atoms with Crippen LogP contribution in [0.25, 0.3) is 0 Å². The molecule has 0 radical (unpaired) electrons. The van der Waals surface area contributed by atoms with E-state index in [1.165, 1.54) is 6.07 Å². The van der Waals surface area contributed by atoms with Gasteiger partial charge in [-0.25, -0.2) is 4.39 Å². The molecule has 1 aromatic carbocycles. The van der Waals surface area contributed by atoms with Crippen molar-refractivity contribution in [3.05, 3.63) is 53.6 Å². The van der Waals surface area contributed by atoms with E-state index >= 15 is 0 Å². The molecule has 1 heterocycles. The lowest BCUT2D eigenvalue weighted by Crippen LogP contribution is -2.39. The molecule has 0 saturated heterocycles. The minimum absolute atomic E-state index is 0.122. The first-order valence-electron chi connectivity index (χ1n) is 7.20. The number of likely N-dealkylation sites (N-methyl/N-ethyl adjacent to an activating group) is 1. The molecule has 2 rings (SSSR count). The van der Waals surface area contributed by atoms with E-state index < -0.39 is 0 Å². The van der Waals surface area contributed by atoms with Gasteiger partial charge in [0.15, 0.2) is 0 Å². The van der Waals surface area contributed by atoms with Gasteiger partial charge in [-0.05, 0) is 19.5 Å². The number of hydrogen-bond donors (Lipinski definition) is 1. The lowest BCUT2D eigenvalue weighted by molar-refractivity contribution is 0.197. The van der Waals surface area contributed by atoms with E-state index in [0.717, 1.165) is 12.0 Å². The number of nitrogens with zero attached hydrogens (tertiary/aromatic N) is 3. The first-order valence-corrected chi connectivity index (χ1v) is 7.20. The molecule has 5 heteroatoms. The summed E-state index contributed by atoms with van der Waals surface area (Å²) >= 11 is 0. The molecular formula is C16H23FN4. The van der Waals surface area contributed by atoms with Gasteiger partial charge in [-0.1, -0.05) is 25.1 Å². The van der Waals surface area contributed by atoms with Crippen LogP contribution in [0.4, 0.5) is 4.39 Å². The minimum Gasteiger partial charge on any atom is -0.326 e. The van der Waals surface area contributed by atoms with Crippen LogP contribution in [0, 0.1) is 5.82 Å². The Kier molecular flexibility index (Phi) is 5.09. The molecule has 1 aromatic heterocycles. The van der Waals surface area contributed by atoms with Crippen molar-refractivity contribution >= 4 is 0 Å². The maximum Gasteiger partial charge on any atom is 0.128 e. The number of rotatable bonds is 6. The second kappa shape index (κ2) is 6.83. The van der Waals surface area contributed by atoms with Gasteiger partial charge in [0, 0.05) is 37.0 Å². The molecular weight excluding hydrogens is 267 g/mol. The van der Waals surface area contributed by atoms with E-state index in [0.29, 0.717) is 12.1 Å². The zero-order valence-electron chi connectivity index (χ0n) is 12.8. The highest BCUT2D eigenvalue weighted by Gasteiger charge is 2.25. The number of nitrogens with two attached hydrogens (primary N) is 1. The number of aryl methyl sites for hydroxylation is 1. The molecule has 2 atom stereocenters. The first kappa shape index (κ1) is 15.7. The monoisotopic (exact) mass is 290 g/mol. The third-order valence-corrected chi connectivity index (χ3v) is 3.77. The Balaban J connectivity index is 2.25. The Hall–Kier alpha value is -1.72. The van der Waals surface area contributed by atoms with E-state index in [4.69, 9.17) is 5.73 Å². The summed E-state index contributed by atoms with van der Waals surface area (Å²) in [5.41, 5.74) is 7.99. The highest BCUT2D eigenvalue weighted by Crippen LogP contribution is 2.27. The molecule has 0 aliphatic heterocycles. The summed E-state index contributed by atoms with van der Waals surface area (Å²) in [6, 6.07) is 6.58. The summed E-state index contributed by atoms with van der Waals surface area (Å²) in [5, 5.41) is 4.17. The number of halogens is 1. The van der Waals surface area contributed by atoms with Gasteiger partial charge in [-0.2, -0.15) is 5.10 Å². The van der Waals surface area contributed by atoms with E-state index in [1.54, 1.807) is 10.7 Å². The highest BCUT2D eigenvalue weighted by molar-refractivity contribution is 5.23. The van der Waals surface area contributed by atoms with E-state index in [1.807, 2.05) is 45.5 Å². The van der Waals surface area contributed by atoms with Crippen molar-refractivity contribution in [2.24, 2.45) is 12.8 Å². The lowest BCUT2D eigenvalue weighted by Gasteiger charge is -2.32. The molecule has 0 aliphatic rings. The topological polar surface area (TPSA) is 47.1 Å². The molecule has 0 bridgehead atoms. The lowest BCUT2D eigenvalue weighted by atomic mass is 9.96. The fourth-order valence-corrected chi connectivity index (χ4v) is 2.67. The second-order valence-electron chi connectivity index (χ2n) is 5.48. The summed E-state index contributed by atoms with van der Waals surface area (Å²) in [4.78, 5) is 2.09. The Labute approximate surface area is 125 Å². The average Bonchev–Trinajstić information content (AvgIpc) is 2.86. The van der Waals surface area contributed by atoms with Crippen LogP contribution >= 0.6 is 0 Å². The molecule has 0 saturated carbocycles. The quantitative estimate of drug-likeness (QED) is 0.889. The molecule has 2 unspecified atom stereocenters. The summed E-state index contributed by atoms with van der Waals surface area (Å²) < 4.78 is 15.9. The summed E-state index contributed by atoms with van der Waals surface area (Å²) in [5.74, 6) is -0.204. The van der Waals surface area contributed by atoms with E-state index in [-0.39, 0.29) is 17.9 Å². The Morgan fingerprint density at radius 2 is 2.10 bits per heavy atom. The third kappa shape index (κ3) is 3.68. The van der Waals surface area contributed by atoms with E-state index in [2.05, 4.69) is 10.00 Å². The second-order valence-corrected chi connectivity index (χ2v) is 5.48.